The van der Waals surface area contributed by atoms with Gasteiger partial charge in [-0.3, -0.25) is 0 Å². The second-order valence-electron chi connectivity index (χ2n) is 17.3. The molecule has 0 radical (unpaired) electrons. The van der Waals surface area contributed by atoms with Gasteiger partial charge in [-0.2, -0.15) is 0 Å². The van der Waals surface area contributed by atoms with E-state index in [-0.39, 0.29) is 0 Å². The highest BCUT2D eigenvalue weighted by Crippen LogP contribution is 2.45. The fourth-order valence-electron chi connectivity index (χ4n) is 10.2. The zero-order valence-electron chi connectivity index (χ0n) is 37.1. The topological polar surface area (TPSA) is 11.4 Å². The number of para-hydroxylation sites is 3. The monoisotopic (exact) mass is 885 g/mol. The third-order valence-corrected chi connectivity index (χ3v) is 14.5. The molecule has 0 bridgehead atoms. The first-order chi connectivity index (χ1) is 33.7. The number of fused-ring (bicyclic) bond motifs is 7. The number of rotatable bonds is 9. The van der Waals surface area contributed by atoms with E-state index in [1.165, 1.54) is 63.9 Å². The maximum atomic E-state index is 2.42. The van der Waals surface area contributed by atoms with E-state index in [0.717, 1.165) is 50.9 Å². The molecule has 0 unspecified atom stereocenters. The summed E-state index contributed by atoms with van der Waals surface area (Å²) in [6, 6.07) is 95.0. The fraction of sp³-hybridized carbons (Fsp3) is 0. The van der Waals surface area contributed by atoms with Crippen LogP contribution in [0.5, 0.6) is 0 Å². The molecule has 0 amide bonds. The van der Waals surface area contributed by atoms with Gasteiger partial charge in [0.25, 0.3) is 0 Å². The van der Waals surface area contributed by atoms with Crippen molar-refractivity contribution in [2.24, 2.45) is 0 Å². The molecule has 0 fully saturated rings. The van der Waals surface area contributed by atoms with Crippen LogP contribution in [-0.2, 0) is 0 Å². The van der Waals surface area contributed by atoms with Gasteiger partial charge in [0.15, 0.2) is 0 Å². The number of anilines is 6. The first-order valence-corrected chi connectivity index (χ1v) is 24.0. The lowest BCUT2D eigenvalue weighted by molar-refractivity contribution is 1.18. The molecule has 0 aliphatic heterocycles. The standard InChI is InChI=1S/C64H43N3S/c1-3-19-48(20-4-1)65(50-35-32-45(33-36-50)56-29-14-17-44-16-7-8-26-55(44)56)52-24-15-25-53(42-52)66(54-37-39-64-60(43-54)59-28-10-12-31-63(59)68-64)51-23-13-18-46(40-51)47-34-38-58-57-27-9-11-30-61(57)67(62(58)41-47)49-21-5-2-6-22-49/h1-43H. The SMILES string of the molecule is c1ccc(N(c2ccc(-c3cccc4ccccc34)cc2)c2cccc(N(c3cccc(-c4ccc5c6ccccc6n(-c6ccccc6)c5c4)c3)c3ccc4sc5ccccc5c4c3)c2)cc1. The molecule has 320 valence electrons. The number of nitrogens with zero attached hydrogens (tertiary/aromatic N) is 3. The molecule has 0 saturated heterocycles. The number of aromatic nitrogens is 1. The molecule has 0 N–H and O–H groups in total. The van der Waals surface area contributed by atoms with Crippen LogP contribution in [0.15, 0.2) is 261 Å². The predicted molar refractivity (Wildman–Crippen MR) is 291 cm³/mol. The average molecular weight is 886 g/mol. The van der Waals surface area contributed by atoms with Crippen molar-refractivity contribution < 1.29 is 0 Å². The minimum absolute atomic E-state index is 1.06. The molecular formula is C64H43N3S. The average Bonchev–Trinajstić information content (AvgIpc) is 3.95. The zero-order valence-corrected chi connectivity index (χ0v) is 37.9. The van der Waals surface area contributed by atoms with Gasteiger partial charge in [-0.25, -0.2) is 0 Å². The van der Waals surface area contributed by atoms with E-state index in [9.17, 15) is 0 Å². The van der Waals surface area contributed by atoms with E-state index in [0.29, 0.717) is 0 Å². The van der Waals surface area contributed by atoms with Crippen molar-refractivity contribution in [2.75, 3.05) is 9.80 Å². The summed E-state index contributed by atoms with van der Waals surface area (Å²) in [4.78, 5) is 4.78. The third kappa shape index (κ3) is 6.90. The van der Waals surface area contributed by atoms with Crippen molar-refractivity contribution in [1.82, 2.24) is 4.57 Å². The van der Waals surface area contributed by atoms with Crippen LogP contribution in [0, 0.1) is 0 Å². The number of thiophene rings is 1. The van der Waals surface area contributed by atoms with Crippen molar-refractivity contribution >= 4 is 98.2 Å². The lowest BCUT2D eigenvalue weighted by Crippen LogP contribution is -2.13. The molecule has 4 heteroatoms. The third-order valence-electron chi connectivity index (χ3n) is 13.3. The number of hydrogen-bond acceptors (Lipinski definition) is 3. The Bertz CT molecular complexity index is 3980. The first-order valence-electron chi connectivity index (χ1n) is 23.2. The molecule has 13 rings (SSSR count). The van der Waals surface area contributed by atoms with Crippen LogP contribution < -0.4 is 9.80 Å². The quantitative estimate of drug-likeness (QED) is 0.143. The summed E-state index contributed by atoms with van der Waals surface area (Å²) in [7, 11) is 0. The van der Waals surface area contributed by atoms with Crippen molar-refractivity contribution in [3.63, 3.8) is 0 Å². The van der Waals surface area contributed by atoms with Gasteiger partial charge in [0.1, 0.15) is 0 Å². The second kappa shape index (κ2) is 16.6. The minimum Gasteiger partial charge on any atom is -0.310 e. The largest absolute Gasteiger partial charge is 0.310 e. The molecule has 3 nitrogen and oxygen atoms in total. The summed E-state index contributed by atoms with van der Waals surface area (Å²) >= 11 is 1.85. The molecule has 0 spiro atoms. The Kier molecular flexibility index (Phi) is 9.69. The molecule has 11 aromatic carbocycles. The van der Waals surface area contributed by atoms with Crippen LogP contribution >= 0.6 is 11.3 Å². The van der Waals surface area contributed by atoms with E-state index in [2.05, 4.69) is 275 Å². The fourth-order valence-corrected chi connectivity index (χ4v) is 11.3. The van der Waals surface area contributed by atoms with E-state index in [1.807, 2.05) is 11.3 Å². The summed E-state index contributed by atoms with van der Waals surface area (Å²) in [5.41, 5.74) is 14.7. The Hall–Kier alpha value is -8.70. The first kappa shape index (κ1) is 39.6. The summed E-state index contributed by atoms with van der Waals surface area (Å²) < 4.78 is 4.97. The van der Waals surface area contributed by atoms with Gasteiger partial charge in [-0.05, 0) is 136 Å². The van der Waals surface area contributed by atoms with Gasteiger partial charge in [0.05, 0.1) is 11.0 Å². The molecule has 0 aliphatic carbocycles. The molecule has 0 aliphatic rings. The Balaban J connectivity index is 0.958. The van der Waals surface area contributed by atoms with Gasteiger partial charge in [-0.1, -0.05) is 158 Å². The van der Waals surface area contributed by atoms with Crippen LogP contribution in [0.25, 0.3) is 80.7 Å². The van der Waals surface area contributed by atoms with Gasteiger partial charge < -0.3 is 14.4 Å². The van der Waals surface area contributed by atoms with Crippen LogP contribution in [0.2, 0.25) is 0 Å². The summed E-state index contributed by atoms with van der Waals surface area (Å²) in [6.45, 7) is 0. The van der Waals surface area contributed by atoms with Gasteiger partial charge >= 0.3 is 0 Å². The van der Waals surface area contributed by atoms with Gasteiger partial charge in [0.2, 0.25) is 0 Å². The van der Waals surface area contributed by atoms with Crippen LogP contribution in [-0.4, -0.2) is 4.57 Å². The summed E-state index contributed by atoms with van der Waals surface area (Å²) in [6.07, 6.45) is 0. The molecule has 0 saturated carbocycles. The van der Waals surface area contributed by atoms with Crippen LogP contribution in [0.1, 0.15) is 0 Å². The van der Waals surface area contributed by atoms with E-state index in [1.54, 1.807) is 0 Å². The Morgan fingerprint density at radius 1 is 0.279 bits per heavy atom. The van der Waals surface area contributed by atoms with Crippen molar-refractivity contribution in [3.05, 3.63) is 261 Å². The van der Waals surface area contributed by atoms with E-state index in [4.69, 9.17) is 0 Å². The van der Waals surface area contributed by atoms with Crippen LogP contribution in [0.4, 0.5) is 34.1 Å². The molecule has 13 aromatic rings. The maximum absolute atomic E-state index is 2.42. The predicted octanol–water partition coefficient (Wildman–Crippen LogP) is 18.6. The number of benzene rings is 11. The smallest absolute Gasteiger partial charge is 0.0547 e. The lowest BCUT2D eigenvalue weighted by Gasteiger charge is -2.30. The second-order valence-corrected chi connectivity index (χ2v) is 18.4. The van der Waals surface area contributed by atoms with Gasteiger partial charge in [0, 0.05) is 70.8 Å². The zero-order chi connectivity index (χ0) is 45.0. The Labute approximate surface area is 399 Å². The van der Waals surface area contributed by atoms with Crippen molar-refractivity contribution in [1.29, 1.82) is 0 Å². The highest BCUT2D eigenvalue weighted by molar-refractivity contribution is 7.25. The van der Waals surface area contributed by atoms with Crippen molar-refractivity contribution in [3.8, 4) is 27.9 Å². The van der Waals surface area contributed by atoms with Crippen LogP contribution in [0.3, 0.4) is 0 Å². The normalized spacial score (nSPS) is 11.5. The molecule has 2 aromatic heterocycles. The summed E-state index contributed by atoms with van der Waals surface area (Å²) in [5.74, 6) is 0. The Morgan fingerprint density at radius 2 is 0.809 bits per heavy atom. The molecule has 2 heterocycles. The lowest BCUT2D eigenvalue weighted by atomic mass is 9.98. The highest BCUT2D eigenvalue weighted by atomic mass is 32.1. The molecule has 68 heavy (non-hydrogen) atoms. The van der Waals surface area contributed by atoms with Crippen molar-refractivity contribution in [2.45, 2.75) is 0 Å². The summed E-state index contributed by atoms with van der Waals surface area (Å²) in [5, 5.41) is 7.53. The molecular weight excluding hydrogens is 843 g/mol. The van der Waals surface area contributed by atoms with Gasteiger partial charge in [-0.15, -0.1) is 11.3 Å². The van der Waals surface area contributed by atoms with E-state index >= 15 is 0 Å². The maximum Gasteiger partial charge on any atom is 0.0547 e. The Morgan fingerprint density at radius 3 is 1.63 bits per heavy atom. The van der Waals surface area contributed by atoms with E-state index < -0.39 is 0 Å². The highest BCUT2D eigenvalue weighted by Gasteiger charge is 2.20. The molecule has 0 atom stereocenters. The minimum atomic E-state index is 1.06. The number of hydrogen-bond donors (Lipinski definition) is 0.